The Morgan fingerprint density at radius 2 is 1.56 bits per heavy atom. The highest BCUT2D eigenvalue weighted by Crippen LogP contribution is 2.18. The third-order valence-electron chi connectivity index (χ3n) is 6.34. The Bertz CT molecular complexity index is 680. The molecule has 2 rings (SSSR count). The Morgan fingerprint density at radius 1 is 0.941 bits per heavy atom. The molecule has 0 radical (unpaired) electrons. The van der Waals surface area contributed by atoms with Crippen molar-refractivity contribution in [1.82, 2.24) is 15.5 Å². The number of hydrogen-bond acceptors (Lipinski definition) is 5. The molecule has 7 heteroatoms. The number of aliphatic hydroxyl groups is 1. The Morgan fingerprint density at radius 3 is 2.21 bits per heavy atom. The van der Waals surface area contributed by atoms with E-state index in [9.17, 15) is 14.7 Å². The normalized spacial score (nSPS) is 16.1. The zero-order chi connectivity index (χ0) is 24.4. The molecule has 0 aromatic heterocycles. The van der Waals surface area contributed by atoms with Gasteiger partial charge in [0.15, 0.2) is 0 Å². The molecule has 1 aliphatic heterocycles. The van der Waals surface area contributed by atoms with Gasteiger partial charge in [0.25, 0.3) is 0 Å². The van der Waals surface area contributed by atoms with E-state index in [2.05, 4.69) is 22.5 Å². The van der Waals surface area contributed by atoms with Crippen molar-refractivity contribution in [1.29, 1.82) is 0 Å². The fourth-order valence-electron chi connectivity index (χ4n) is 4.22. The van der Waals surface area contributed by atoms with Crippen LogP contribution in [0.25, 0.3) is 0 Å². The van der Waals surface area contributed by atoms with E-state index < -0.39 is 6.10 Å². The van der Waals surface area contributed by atoms with Crippen molar-refractivity contribution in [3.63, 3.8) is 0 Å². The summed E-state index contributed by atoms with van der Waals surface area (Å²) >= 11 is 0. The minimum absolute atomic E-state index is 0.00279. The molecule has 1 fully saturated rings. The van der Waals surface area contributed by atoms with Crippen LogP contribution in [0.1, 0.15) is 82.8 Å². The summed E-state index contributed by atoms with van der Waals surface area (Å²) in [7, 11) is 0. The maximum Gasteiger partial charge on any atom is 0.220 e. The molecule has 7 nitrogen and oxygen atoms in total. The zero-order valence-corrected chi connectivity index (χ0v) is 21.0. The molecule has 34 heavy (non-hydrogen) atoms. The van der Waals surface area contributed by atoms with Crippen LogP contribution in [-0.2, 0) is 14.3 Å². The summed E-state index contributed by atoms with van der Waals surface area (Å²) in [5.41, 5.74) is 0.820. The lowest BCUT2D eigenvalue weighted by molar-refractivity contribution is -0.123. The maximum absolute atomic E-state index is 12.6. The fourth-order valence-corrected chi connectivity index (χ4v) is 4.22. The standard InChI is InChI=1S/C27H45N3O4/c1-2-3-17-28-25(31)15-11-6-4-5-7-12-16-26(32)29-24(22-30-18-20-34-21-19-30)27(33)23-13-9-8-10-14-23/h8-10,13-14,24,27,33H,2-7,11-12,15-22H2,1H3,(H,28,31)(H,29,32)/t24-,27-/m0/s1. The number of benzene rings is 1. The number of ether oxygens (including phenoxy) is 1. The Kier molecular flexibility index (Phi) is 14.5. The predicted molar refractivity (Wildman–Crippen MR) is 135 cm³/mol. The molecular formula is C27H45N3O4. The molecule has 2 atom stereocenters. The summed E-state index contributed by atoms with van der Waals surface area (Å²) in [6.45, 7) is 6.51. The number of nitrogens with one attached hydrogen (secondary N) is 2. The van der Waals surface area contributed by atoms with E-state index >= 15 is 0 Å². The Balaban J connectivity index is 1.64. The van der Waals surface area contributed by atoms with Gasteiger partial charge in [-0.15, -0.1) is 0 Å². The summed E-state index contributed by atoms with van der Waals surface area (Å²) in [6, 6.07) is 9.19. The van der Waals surface area contributed by atoms with Gasteiger partial charge in [-0.1, -0.05) is 69.4 Å². The van der Waals surface area contributed by atoms with Gasteiger partial charge < -0.3 is 20.5 Å². The maximum atomic E-state index is 12.6. The van der Waals surface area contributed by atoms with E-state index in [1.807, 2.05) is 30.3 Å². The summed E-state index contributed by atoms with van der Waals surface area (Å²) in [6.07, 6.45) is 8.48. The minimum atomic E-state index is -0.743. The first-order valence-electron chi connectivity index (χ1n) is 13.2. The molecule has 1 aromatic carbocycles. The van der Waals surface area contributed by atoms with Crippen LogP contribution in [0, 0.1) is 0 Å². The van der Waals surface area contributed by atoms with E-state index in [1.54, 1.807) is 0 Å². The molecule has 192 valence electrons. The largest absolute Gasteiger partial charge is 0.386 e. The molecule has 0 bridgehead atoms. The lowest BCUT2D eigenvalue weighted by atomic mass is 10.0. The van der Waals surface area contributed by atoms with E-state index in [0.717, 1.165) is 76.6 Å². The predicted octanol–water partition coefficient (Wildman–Crippen LogP) is 3.57. The van der Waals surface area contributed by atoms with Gasteiger partial charge in [-0.3, -0.25) is 14.5 Å². The summed E-state index contributed by atoms with van der Waals surface area (Å²) in [5, 5.41) is 17.0. The monoisotopic (exact) mass is 475 g/mol. The van der Waals surface area contributed by atoms with Gasteiger partial charge in [0, 0.05) is 39.0 Å². The van der Waals surface area contributed by atoms with Gasteiger partial charge in [-0.05, 0) is 24.8 Å². The van der Waals surface area contributed by atoms with E-state index in [1.165, 1.54) is 0 Å². The number of rotatable bonds is 17. The van der Waals surface area contributed by atoms with Gasteiger partial charge >= 0.3 is 0 Å². The zero-order valence-electron chi connectivity index (χ0n) is 21.0. The molecule has 0 unspecified atom stereocenters. The molecule has 1 heterocycles. The van der Waals surface area contributed by atoms with Gasteiger partial charge in [0.1, 0.15) is 6.10 Å². The highest BCUT2D eigenvalue weighted by atomic mass is 16.5. The van der Waals surface area contributed by atoms with Crippen LogP contribution in [0.3, 0.4) is 0 Å². The molecule has 1 saturated heterocycles. The molecular weight excluding hydrogens is 430 g/mol. The summed E-state index contributed by atoms with van der Waals surface area (Å²) in [5.74, 6) is 0.159. The second kappa shape index (κ2) is 17.5. The fraction of sp³-hybridized carbons (Fsp3) is 0.704. The number of amides is 2. The van der Waals surface area contributed by atoms with Crippen molar-refractivity contribution >= 4 is 11.8 Å². The van der Waals surface area contributed by atoms with Crippen molar-refractivity contribution in [3.05, 3.63) is 35.9 Å². The van der Waals surface area contributed by atoms with Gasteiger partial charge in [-0.2, -0.15) is 0 Å². The molecule has 0 spiro atoms. The highest BCUT2D eigenvalue weighted by molar-refractivity contribution is 5.76. The SMILES string of the molecule is CCCCNC(=O)CCCCCCCCC(=O)N[C@@H](CN1CCOCC1)[C@@H](O)c1ccccc1. The number of morpholine rings is 1. The third-order valence-corrected chi connectivity index (χ3v) is 6.34. The van der Waals surface area contributed by atoms with Crippen molar-refractivity contribution in [2.75, 3.05) is 39.4 Å². The van der Waals surface area contributed by atoms with E-state index in [0.29, 0.717) is 32.6 Å². The molecule has 0 saturated carbocycles. The molecule has 0 aliphatic carbocycles. The van der Waals surface area contributed by atoms with Gasteiger partial charge in [-0.25, -0.2) is 0 Å². The lowest BCUT2D eigenvalue weighted by Crippen LogP contribution is -2.49. The van der Waals surface area contributed by atoms with Crippen LogP contribution in [0.4, 0.5) is 0 Å². The summed E-state index contributed by atoms with van der Waals surface area (Å²) < 4.78 is 5.43. The quantitative estimate of drug-likeness (QED) is 0.300. The van der Waals surface area contributed by atoms with Crippen molar-refractivity contribution in [2.24, 2.45) is 0 Å². The molecule has 3 N–H and O–H groups in total. The number of aliphatic hydroxyl groups excluding tert-OH is 1. The first-order chi connectivity index (χ1) is 16.6. The van der Waals surface area contributed by atoms with Crippen LogP contribution in [-0.4, -0.2) is 67.3 Å². The number of unbranched alkanes of at least 4 members (excludes halogenated alkanes) is 6. The van der Waals surface area contributed by atoms with Crippen LogP contribution < -0.4 is 10.6 Å². The van der Waals surface area contributed by atoms with Gasteiger partial charge in [0.2, 0.25) is 11.8 Å². The Hall–Kier alpha value is -1.96. The second-order valence-electron chi connectivity index (χ2n) is 9.27. The number of hydrogen-bond donors (Lipinski definition) is 3. The first kappa shape index (κ1) is 28.3. The lowest BCUT2D eigenvalue weighted by Gasteiger charge is -2.33. The molecule has 2 amide bonds. The first-order valence-corrected chi connectivity index (χ1v) is 13.2. The minimum Gasteiger partial charge on any atom is -0.386 e. The van der Waals surface area contributed by atoms with Crippen LogP contribution >= 0.6 is 0 Å². The number of carbonyl (C=O) groups excluding carboxylic acids is 2. The number of carbonyl (C=O) groups is 2. The topological polar surface area (TPSA) is 90.9 Å². The average Bonchev–Trinajstić information content (AvgIpc) is 2.86. The molecule has 1 aromatic rings. The van der Waals surface area contributed by atoms with E-state index in [-0.39, 0.29) is 17.9 Å². The van der Waals surface area contributed by atoms with Crippen molar-refractivity contribution < 1.29 is 19.4 Å². The van der Waals surface area contributed by atoms with Crippen LogP contribution in [0.15, 0.2) is 30.3 Å². The molecule has 1 aliphatic rings. The third kappa shape index (κ3) is 12.0. The van der Waals surface area contributed by atoms with Crippen molar-refractivity contribution in [2.45, 2.75) is 83.3 Å². The smallest absolute Gasteiger partial charge is 0.220 e. The summed E-state index contributed by atoms with van der Waals surface area (Å²) in [4.78, 5) is 26.6. The van der Waals surface area contributed by atoms with Crippen LogP contribution in [0.5, 0.6) is 0 Å². The van der Waals surface area contributed by atoms with Gasteiger partial charge in [0.05, 0.1) is 19.3 Å². The average molecular weight is 476 g/mol. The van der Waals surface area contributed by atoms with Crippen molar-refractivity contribution in [3.8, 4) is 0 Å². The van der Waals surface area contributed by atoms with Crippen LogP contribution in [0.2, 0.25) is 0 Å². The van der Waals surface area contributed by atoms with E-state index in [4.69, 9.17) is 4.74 Å². The Labute approximate surface area is 205 Å². The number of nitrogens with zero attached hydrogens (tertiary/aromatic N) is 1. The second-order valence-corrected chi connectivity index (χ2v) is 9.27. The highest BCUT2D eigenvalue weighted by Gasteiger charge is 2.26.